The minimum absolute atomic E-state index is 0.105. The fourth-order valence-electron chi connectivity index (χ4n) is 2.20. The van der Waals surface area contributed by atoms with Crippen molar-refractivity contribution in [3.05, 3.63) is 47.2 Å². The molecule has 0 spiro atoms. The number of methoxy groups -OCH3 is 1. The number of aromatic nitrogens is 1. The van der Waals surface area contributed by atoms with Crippen LogP contribution < -0.4 is 14.8 Å². The lowest BCUT2D eigenvalue weighted by molar-refractivity contribution is 0.391. The lowest BCUT2D eigenvalue weighted by atomic mass is 10.1. The molecule has 0 aliphatic heterocycles. The van der Waals surface area contributed by atoms with E-state index in [1.165, 1.54) is 0 Å². The molecule has 5 heteroatoms. The molecule has 2 rings (SSSR count). The molecule has 4 nitrogen and oxygen atoms in total. The first kappa shape index (κ1) is 15.6. The van der Waals surface area contributed by atoms with Crippen molar-refractivity contribution in [2.24, 2.45) is 0 Å². The minimum atomic E-state index is 0.105. The Bertz CT molecular complexity index is 605. The molecule has 0 saturated carbocycles. The Hall–Kier alpha value is -1.78. The van der Waals surface area contributed by atoms with Gasteiger partial charge < -0.3 is 14.8 Å². The predicted octanol–water partition coefficient (Wildman–Crippen LogP) is 4.21. The number of hydrogen-bond acceptors (Lipinski definition) is 4. The molecule has 1 aromatic heterocycles. The smallest absolute Gasteiger partial charge is 0.147 e. The lowest BCUT2D eigenvalue weighted by Gasteiger charge is -2.20. The topological polar surface area (TPSA) is 43.4 Å². The van der Waals surface area contributed by atoms with Gasteiger partial charge in [0.25, 0.3) is 0 Å². The van der Waals surface area contributed by atoms with E-state index in [4.69, 9.17) is 21.1 Å². The second-order valence-corrected chi connectivity index (χ2v) is 5.03. The van der Waals surface area contributed by atoms with Crippen LogP contribution in [0.3, 0.4) is 0 Å². The van der Waals surface area contributed by atoms with Crippen molar-refractivity contribution in [1.29, 1.82) is 0 Å². The number of rotatable bonds is 6. The van der Waals surface area contributed by atoms with Crippen LogP contribution in [0.15, 0.2) is 36.7 Å². The fourth-order valence-corrected chi connectivity index (χ4v) is 2.36. The zero-order valence-electron chi connectivity index (χ0n) is 12.4. The first-order chi connectivity index (χ1) is 10.2. The number of halogens is 1. The summed E-state index contributed by atoms with van der Waals surface area (Å²) in [6.45, 7) is 5.00. The Balaban J connectivity index is 2.38. The van der Waals surface area contributed by atoms with Crippen LogP contribution in [0, 0.1) is 0 Å². The van der Waals surface area contributed by atoms with Gasteiger partial charge in [-0.15, -0.1) is 0 Å². The van der Waals surface area contributed by atoms with Gasteiger partial charge in [-0.3, -0.25) is 4.98 Å². The molecule has 1 unspecified atom stereocenters. The third-order valence-electron chi connectivity index (χ3n) is 3.10. The largest absolute Gasteiger partial charge is 0.496 e. The average molecular weight is 307 g/mol. The van der Waals surface area contributed by atoms with Crippen molar-refractivity contribution in [2.75, 3.05) is 13.7 Å². The van der Waals surface area contributed by atoms with Crippen LogP contribution in [0.4, 0.5) is 0 Å². The van der Waals surface area contributed by atoms with Crippen LogP contribution in [-0.2, 0) is 0 Å². The summed E-state index contributed by atoms with van der Waals surface area (Å²) in [6, 6.07) is 7.57. The predicted molar refractivity (Wildman–Crippen MR) is 84.4 cm³/mol. The van der Waals surface area contributed by atoms with E-state index in [9.17, 15) is 0 Å². The van der Waals surface area contributed by atoms with Crippen LogP contribution in [-0.4, -0.2) is 18.6 Å². The Morgan fingerprint density at radius 1 is 1.29 bits per heavy atom. The molecule has 2 aromatic rings. The van der Waals surface area contributed by atoms with E-state index in [-0.39, 0.29) is 6.04 Å². The monoisotopic (exact) mass is 306 g/mol. The molecule has 0 aliphatic rings. The summed E-state index contributed by atoms with van der Waals surface area (Å²) < 4.78 is 11.4. The molecule has 0 bridgehead atoms. The number of nitrogens with zero attached hydrogens (tertiary/aromatic N) is 1. The summed E-state index contributed by atoms with van der Waals surface area (Å²) in [4.78, 5) is 4.03. The number of pyridine rings is 1. The maximum Gasteiger partial charge on any atom is 0.147 e. The SMILES string of the molecule is CCNC(C)c1c(OC)cccc1Oc1cncc(Cl)c1. The van der Waals surface area contributed by atoms with E-state index < -0.39 is 0 Å². The molecule has 0 amide bonds. The molecule has 1 atom stereocenters. The van der Waals surface area contributed by atoms with E-state index in [0.29, 0.717) is 10.8 Å². The first-order valence-corrected chi connectivity index (χ1v) is 7.22. The molecule has 21 heavy (non-hydrogen) atoms. The summed E-state index contributed by atoms with van der Waals surface area (Å²) in [7, 11) is 1.65. The van der Waals surface area contributed by atoms with Gasteiger partial charge in [-0.1, -0.05) is 24.6 Å². The summed E-state index contributed by atoms with van der Waals surface area (Å²) >= 11 is 5.94. The van der Waals surface area contributed by atoms with Gasteiger partial charge in [0.1, 0.15) is 17.2 Å². The van der Waals surface area contributed by atoms with E-state index in [1.54, 1.807) is 25.6 Å². The van der Waals surface area contributed by atoms with Crippen molar-refractivity contribution >= 4 is 11.6 Å². The van der Waals surface area contributed by atoms with Gasteiger partial charge >= 0.3 is 0 Å². The standard InChI is InChI=1S/C16H19ClN2O2/c1-4-19-11(2)16-14(20-3)6-5-7-15(16)21-13-8-12(17)9-18-10-13/h5-11,19H,4H2,1-3H3. The van der Waals surface area contributed by atoms with Gasteiger partial charge in [-0.25, -0.2) is 0 Å². The highest BCUT2D eigenvalue weighted by Crippen LogP contribution is 2.36. The highest BCUT2D eigenvalue weighted by atomic mass is 35.5. The molecular weight excluding hydrogens is 288 g/mol. The van der Waals surface area contributed by atoms with Gasteiger partial charge in [0.15, 0.2) is 0 Å². The Morgan fingerprint density at radius 3 is 2.71 bits per heavy atom. The summed E-state index contributed by atoms with van der Waals surface area (Å²) in [5.74, 6) is 2.11. The lowest BCUT2D eigenvalue weighted by Crippen LogP contribution is -2.19. The zero-order chi connectivity index (χ0) is 15.2. The van der Waals surface area contributed by atoms with E-state index in [0.717, 1.165) is 23.6 Å². The summed E-state index contributed by atoms with van der Waals surface area (Å²) in [5, 5.41) is 3.91. The average Bonchev–Trinajstić information content (AvgIpc) is 2.47. The van der Waals surface area contributed by atoms with Gasteiger partial charge in [0, 0.05) is 18.3 Å². The maximum atomic E-state index is 5.94. The molecule has 1 heterocycles. The third kappa shape index (κ3) is 3.86. The number of ether oxygens (including phenoxy) is 2. The van der Waals surface area contributed by atoms with Crippen LogP contribution >= 0.6 is 11.6 Å². The highest BCUT2D eigenvalue weighted by Gasteiger charge is 2.17. The Morgan fingerprint density at radius 2 is 2.05 bits per heavy atom. The molecule has 0 aliphatic carbocycles. The molecule has 0 saturated heterocycles. The number of hydrogen-bond donors (Lipinski definition) is 1. The van der Waals surface area contributed by atoms with Gasteiger partial charge in [-0.05, 0) is 25.6 Å². The molecule has 1 N–H and O–H groups in total. The second kappa shape index (κ2) is 7.29. The van der Waals surface area contributed by atoms with Crippen LogP contribution in [0.25, 0.3) is 0 Å². The van der Waals surface area contributed by atoms with Crippen molar-refractivity contribution in [3.63, 3.8) is 0 Å². The van der Waals surface area contributed by atoms with Crippen LogP contribution in [0.1, 0.15) is 25.5 Å². The molecular formula is C16H19ClN2O2. The van der Waals surface area contributed by atoms with E-state index in [2.05, 4.69) is 24.1 Å². The quantitative estimate of drug-likeness (QED) is 0.868. The molecule has 1 aromatic carbocycles. The highest BCUT2D eigenvalue weighted by molar-refractivity contribution is 6.30. The zero-order valence-corrected chi connectivity index (χ0v) is 13.1. The van der Waals surface area contributed by atoms with Crippen molar-refractivity contribution in [1.82, 2.24) is 10.3 Å². The molecule has 0 radical (unpaired) electrons. The molecule has 0 fully saturated rings. The first-order valence-electron chi connectivity index (χ1n) is 6.84. The number of benzene rings is 1. The van der Waals surface area contributed by atoms with Gasteiger partial charge in [0.2, 0.25) is 0 Å². The third-order valence-corrected chi connectivity index (χ3v) is 3.30. The van der Waals surface area contributed by atoms with Crippen molar-refractivity contribution in [3.8, 4) is 17.2 Å². The second-order valence-electron chi connectivity index (χ2n) is 4.59. The van der Waals surface area contributed by atoms with Gasteiger partial charge in [-0.2, -0.15) is 0 Å². The number of nitrogens with one attached hydrogen (secondary N) is 1. The van der Waals surface area contributed by atoms with Crippen molar-refractivity contribution in [2.45, 2.75) is 19.9 Å². The summed E-state index contributed by atoms with van der Waals surface area (Å²) in [6.07, 6.45) is 3.20. The van der Waals surface area contributed by atoms with Crippen LogP contribution in [0.5, 0.6) is 17.2 Å². The minimum Gasteiger partial charge on any atom is -0.496 e. The van der Waals surface area contributed by atoms with E-state index >= 15 is 0 Å². The Kier molecular flexibility index (Phi) is 5.42. The van der Waals surface area contributed by atoms with E-state index in [1.807, 2.05) is 18.2 Å². The maximum absolute atomic E-state index is 5.94. The Labute approximate surface area is 130 Å². The summed E-state index contributed by atoms with van der Waals surface area (Å²) in [5.41, 5.74) is 0.974. The van der Waals surface area contributed by atoms with Gasteiger partial charge in [0.05, 0.1) is 23.9 Å². The van der Waals surface area contributed by atoms with Crippen LogP contribution in [0.2, 0.25) is 5.02 Å². The fraction of sp³-hybridized carbons (Fsp3) is 0.312. The van der Waals surface area contributed by atoms with Crippen molar-refractivity contribution < 1.29 is 9.47 Å². The molecule has 112 valence electrons. The normalized spacial score (nSPS) is 12.0.